The van der Waals surface area contributed by atoms with Gasteiger partial charge in [0.15, 0.2) is 0 Å². The highest BCUT2D eigenvalue weighted by Crippen LogP contribution is 2.40. The summed E-state index contributed by atoms with van der Waals surface area (Å²) in [6.07, 6.45) is 0.968. The van der Waals surface area contributed by atoms with Gasteiger partial charge in [0.05, 0.1) is 17.4 Å². The summed E-state index contributed by atoms with van der Waals surface area (Å²) in [5.74, 6) is 0.390. The van der Waals surface area contributed by atoms with Gasteiger partial charge in [-0.05, 0) is 24.6 Å². The Morgan fingerprint density at radius 1 is 1.00 bits per heavy atom. The van der Waals surface area contributed by atoms with Crippen molar-refractivity contribution in [3.8, 4) is 5.75 Å². The molecule has 0 bridgehead atoms. The second-order valence-electron chi connectivity index (χ2n) is 5.59. The summed E-state index contributed by atoms with van der Waals surface area (Å²) < 4.78 is 0. The van der Waals surface area contributed by atoms with E-state index in [2.05, 4.69) is 48.0 Å². The van der Waals surface area contributed by atoms with E-state index in [4.69, 9.17) is 0 Å². The van der Waals surface area contributed by atoms with Crippen LogP contribution in [0.25, 0.3) is 0 Å². The van der Waals surface area contributed by atoms with Crippen molar-refractivity contribution < 1.29 is 5.11 Å². The van der Waals surface area contributed by atoms with E-state index < -0.39 is 0 Å². The van der Waals surface area contributed by atoms with Gasteiger partial charge in [0.2, 0.25) is 0 Å². The molecule has 1 aliphatic rings. The van der Waals surface area contributed by atoms with Crippen LogP contribution in [0, 0.1) is 0 Å². The molecule has 1 atom stereocenters. The quantitative estimate of drug-likeness (QED) is 0.927. The summed E-state index contributed by atoms with van der Waals surface area (Å²) >= 11 is 0. The molecule has 0 aliphatic carbocycles. The Morgan fingerprint density at radius 2 is 1.67 bits per heavy atom. The van der Waals surface area contributed by atoms with E-state index >= 15 is 0 Å². The van der Waals surface area contributed by atoms with Crippen LogP contribution in [-0.2, 0) is 0 Å². The molecular formula is C18H22N2O. The highest BCUT2D eigenvalue weighted by molar-refractivity contribution is 5.73. The zero-order valence-electron chi connectivity index (χ0n) is 12.7. The largest absolute Gasteiger partial charge is 0.508 e. The van der Waals surface area contributed by atoms with Gasteiger partial charge in [-0.15, -0.1) is 0 Å². The summed E-state index contributed by atoms with van der Waals surface area (Å²) in [5.41, 5.74) is 3.53. The summed E-state index contributed by atoms with van der Waals surface area (Å²) in [4.78, 5) is 4.72. The van der Waals surface area contributed by atoms with Crippen molar-refractivity contribution >= 4 is 11.4 Å². The van der Waals surface area contributed by atoms with Gasteiger partial charge in [0, 0.05) is 25.7 Å². The van der Waals surface area contributed by atoms with E-state index in [0.29, 0.717) is 5.75 Å². The lowest BCUT2D eigenvalue weighted by atomic mass is 9.99. The van der Waals surface area contributed by atoms with Crippen molar-refractivity contribution in [1.82, 2.24) is 0 Å². The number of para-hydroxylation sites is 3. The fraction of sp³-hybridized carbons (Fsp3) is 0.333. The fourth-order valence-electron chi connectivity index (χ4n) is 3.23. The first-order valence-corrected chi connectivity index (χ1v) is 7.57. The van der Waals surface area contributed by atoms with Crippen molar-refractivity contribution in [3.05, 3.63) is 54.1 Å². The highest BCUT2D eigenvalue weighted by Gasteiger charge is 2.27. The zero-order chi connectivity index (χ0) is 14.8. The Morgan fingerprint density at radius 3 is 2.38 bits per heavy atom. The summed E-state index contributed by atoms with van der Waals surface area (Å²) in [6, 6.07) is 16.4. The van der Waals surface area contributed by atoms with Gasteiger partial charge in [-0.25, -0.2) is 0 Å². The van der Waals surface area contributed by atoms with Gasteiger partial charge < -0.3 is 14.9 Å². The number of nitrogens with zero attached hydrogens (tertiary/aromatic N) is 2. The van der Waals surface area contributed by atoms with E-state index in [9.17, 15) is 5.11 Å². The molecule has 110 valence electrons. The molecular weight excluding hydrogens is 260 g/mol. The first kappa shape index (κ1) is 13.8. The zero-order valence-corrected chi connectivity index (χ0v) is 12.7. The van der Waals surface area contributed by atoms with E-state index in [1.807, 2.05) is 18.2 Å². The minimum absolute atomic E-state index is 0.209. The molecule has 1 aliphatic heterocycles. The second-order valence-corrected chi connectivity index (χ2v) is 5.59. The molecule has 0 amide bonds. The molecule has 3 heteroatoms. The summed E-state index contributed by atoms with van der Waals surface area (Å²) in [5, 5.41) is 10.2. The Balaban J connectivity index is 2.03. The third-order valence-corrected chi connectivity index (χ3v) is 4.34. The average molecular weight is 282 g/mol. The average Bonchev–Trinajstić information content (AvgIpc) is 2.52. The first-order chi connectivity index (χ1) is 10.2. The van der Waals surface area contributed by atoms with Gasteiger partial charge >= 0.3 is 0 Å². The maximum atomic E-state index is 10.2. The molecule has 0 spiro atoms. The van der Waals surface area contributed by atoms with E-state index in [1.54, 1.807) is 6.07 Å². The molecule has 1 heterocycles. The number of anilines is 2. The van der Waals surface area contributed by atoms with Crippen LogP contribution in [-0.4, -0.2) is 25.2 Å². The van der Waals surface area contributed by atoms with Crippen molar-refractivity contribution in [1.29, 1.82) is 0 Å². The molecule has 1 unspecified atom stereocenters. The third-order valence-electron chi connectivity index (χ3n) is 4.34. The number of fused-ring (bicyclic) bond motifs is 1. The van der Waals surface area contributed by atoms with Gasteiger partial charge in [0.1, 0.15) is 5.75 Å². The van der Waals surface area contributed by atoms with Crippen LogP contribution < -0.4 is 9.80 Å². The van der Waals surface area contributed by atoms with Crippen LogP contribution >= 0.6 is 0 Å². The maximum absolute atomic E-state index is 10.2. The van der Waals surface area contributed by atoms with Crippen LogP contribution in [0.15, 0.2) is 48.5 Å². The lowest BCUT2D eigenvalue weighted by molar-refractivity contribution is 0.454. The van der Waals surface area contributed by atoms with Gasteiger partial charge in [-0.2, -0.15) is 0 Å². The van der Waals surface area contributed by atoms with Crippen molar-refractivity contribution in [2.24, 2.45) is 0 Å². The minimum Gasteiger partial charge on any atom is -0.508 e. The number of rotatable bonds is 3. The third kappa shape index (κ3) is 2.44. The molecule has 1 N–H and O–H groups in total. The van der Waals surface area contributed by atoms with E-state index in [0.717, 1.165) is 25.1 Å². The molecule has 2 aromatic rings. The maximum Gasteiger partial charge on any atom is 0.120 e. The summed E-state index contributed by atoms with van der Waals surface area (Å²) in [6.45, 7) is 4.15. The van der Waals surface area contributed by atoms with Crippen LogP contribution in [0.2, 0.25) is 0 Å². The normalized spacial score (nSPS) is 15.7. The predicted octanol–water partition coefficient (Wildman–Crippen LogP) is 3.80. The standard InChI is InChI=1S/C18H22N2O/c1-3-15(14-8-4-7-11-18(14)21)20-13-12-19(2)16-9-5-6-10-17(16)20/h4-11,15,21H,3,12-13H2,1-2H3. The van der Waals surface area contributed by atoms with Crippen molar-refractivity contribution in [2.45, 2.75) is 19.4 Å². The molecule has 0 aromatic heterocycles. The number of likely N-dealkylation sites (N-methyl/N-ethyl adjacent to an activating group) is 1. The minimum atomic E-state index is 0.209. The molecule has 0 saturated heterocycles. The number of benzene rings is 2. The smallest absolute Gasteiger partial charge is 0.120 e. The number of hydrogen-bond donors (Lipinski definition) is 1. The highest BCUT2D eigenvalue weighted by atomic mass is 16.3. The molecule has 21 heavy (non-hydrogen) atoms. The predicted molar refractivity (Wildman–Crippen MR) is 88.2 cm³/mol. The number of phenolic OH excluding ortho intramolecular Hbond substituents is 1. The van der Waals surface area contributed by atoms with E-state index in [-0.39, 0.29) is 6.04 Å². The first-order valence-electron chi connectivity index (χ1n) is 7.57. The molecule has 0 saturated carbocycles. The van der Waals surface area contributed by atoms with Crippen molar-refractivity contribution in [2.75, 3.05) is 29.9 Å². The lowest BCUT2D eigenvalue weighted by Crippen LogP contribution is -2.41. The van der Waals surface area contributed by atoms with Gasteiger partial charge in [-0.3, -0.25) is 0 Å². The number of phenols is 1. The van der Waals surface area contributed by atoms with Crippen LogP contribution in [0.4, 0.5) is 11.4 Å². The fourth-order valence-corrected chi connectivity index (χ4v) is 3.23. The molecule has 0 fully saturated rings. The Labute approximate surface area is 126 Å². The topological polar surface area (TPSA) is 26.7 Å². The van der Waals surface area contributed by atoms with Gasteiger partial charge in [0.25, 0.3) is 0 Å². The monoisotopic (exact) mass is 282 g/mol. The molecule has 3 nitrogen and oxygen atoms in total. The molecule has 2 aromatic carbocycles. The number of aromatic hydroxyl groups is 1. The van der Waals surface area contributed by atoms with Crippen LogP contribution in [0.5, 0.6) is 5.75 Å². The number of hydrogen-bond acceptors (Lipinski definition) is 3. The Hall–Kier alpha value is -2.16. The van der Waals surface area contributed by atoms with E-state index in [1.165, 1.54) is 11.4 Å². The van der Waals surface area contributed by atoms with Crippen LogP contribution in [0.1, 0.15) is 24.9 Å². The lowest BCUT2D eigenvalue weighted by Gasteiger charge is -2.41. The summed E-state index contributed by atoms with van der Waals surface area (Å²) in [7, 11) is 2.14. The molecule has 3 rings (SSSR count). The van der Waals surface area contributed by atoms with Gasteiger partial charge in [-0.1, -0.05) is 37.3 Å². The SMILES string of the molecule is CCC(c1ccccc1O)N1CCN(C)c2ccccc21. The Kier molecular flexibility index (Phi) is 3.74. The second kappa shape index (κ2) is 5.68. The molecule has 0 radical (unpaired) electrons. The van der Waals surface area contributed by atoms with Crippen molar-refractivity contribution in [3.63, 3.8) is 0 Å². The van der Waals surface area contributed by atoms with Crippen LogP contribution in [0.3, 0.4) is 0 Å². The Bertz CT molecular complexity index is 626.